The summed E-state index contributed by atoms with van der Waals surface area (Å²) in [6.07, 6.45) is 3.36. The normalized spacial score (nSPS) is 15.3. The van der Waals surface area contributed by atoms with E-state index in [-0.39, 0.29) is 11.9 Å². The molecule has 8 nitrogen and oxygen atoms in total. The topological polar surface area (TPSA) is 90.5 Å². The number of hydrogen-bond donors (Lipinski definition) is 2. The van der Waals surface area contributed by atoms with Gasteiger partial charge in [-0.15, -0.1) is 0 Å². The highest BCUT2D eigenvalue weighted by Crippen LogP contribution is 2.12. The Morgan fingerprint density at radius 2 is 1.69 bits per heavy atom. The molecule has 0 aromatic carbocycles. The zero-order valence-corrected chi connectivity index (χ0v) is 14.6. The predicted octanol–water partition coefficient (Wildman–Crippen LogP) is 1.34. The lowest BCUT2D eigenvalue weighted by atomic mass is 10.3. The SMILES string of the molecule is CC(NC(=O)N1CCN(c2ccccn2)CC1)C(=O)Nc1ccccn1. The lowest BCUT2D eigenvalue weighted by molar-refractivity contribution is -0.117. The predicted molar refractivity (Wildman–Crippen MR) is 98.9 cm³/mol. The third-order valence-corrected chi connectivity index (χ3v) is 4.19. The molecule has 136 valence electrons. The summed E-state index contributed by atoms with van der Waals surface area (Å²) in [5.41, 5.74) is 0. The zero-order valence-electron chi connectivity index (χ0n) is 14.6. The van der Waals surface area contributed by atoms with Crippen molar-refractivity contribution in [1.29, 1.82) is 0 Å². The molecule has 2 aromatic heterocycles. The minimum Gasteiger partial charge on any atom is -0.353 e. The van der Waals surface area contributed by atoms with Crippen molar-refractivity contribution in [3.63, 3.8) is 0 Å². The van der Waals surface area contributed by atoms with Crippen LogP contribution in [0.5, 0.6) is 0 Å². The molecule has 1 saturated heterocycles. The minimum absolute atomic E-state index is 0.241. The van der Waals surface area contributed by atoms with Gasteiger partial charge < -0.3 is 20.4 Å². The molecule has 2 aromatic rings. The molecule has 2 N–H and O–H groups in total. The highest BCUT2D eigenvalue weighted by atomic mass is 16.2. The Morgan fingerprint density at radius 3 is 2.31 bits per heavy atom. The van der Waals surface area contributed by atoms with Gasteiger partial charge in [-0.3, -0.25) is 4.79 Å². The van der Waals surface area contributed by atoms with Crippen LogP contribution in [0.3, 0.4) is 0 Å². The number of anilines is 2. The second-order valence-electron chi connectivity index (χ2n) is 6.04. The van der Waals surface area contributed by atoms with Crippen molar-refractivity contribution in [1.82, 2.24) is 20.2 Å². The van der Waals surface area contributed by atoms with E-state index in [4.69, 9.17) is 0 Å². The van der Waals surface area contributed by atoms with E-state index in [1.165, 1.54) is 0 Å². The van der Waals surface area contributed by atoms with Crippen molar-refractivity contribution in [2.24, 2.45) is 0 Å². The molecule has 0 radical (unpaired) electrons. The summed E-state index contributed by atoms with van der Waals surface area (Å²) in [5.74, 6) is 1.07. The van der Waals surface area contributed by atoms with Crippen LogP contribution in [0.25, 0.3) is 0 Å². The van der Waals surface area contributed by atoms with Gasteiger partial charge in [-0.2, -0.15) is 0 Å². The van der Waals surface area contributed by atoms with Crippen LogP contribution in [0.1, 0.15) is 6.92 Å². The van der Waals surface area contributed by atoms with Crippen LogP contribution >= 0.6 is 0 Å². The van der Waals surface area contributed by atoms with E-state index >= 15 is 0 Å². The Hall–Kier alpha value is -3.16. The summed E-state index contributed by atoms with van der Waals surface area (Å²) in [6.45, 7) is 4.23. The number of carbonyl (C=O) groups is 2. The highest BCUT2D eigenvalue weighted by Gasteiger charge is 2.24. The van der Waals surface area contributed by atoms with Crippen LogP contribution in [0.15, 0.2) is 48.8 Å². The van der Waals surface area contributed by atoms with Crippen LogP contribution in [-0.2, 0) is 4.79 Å². The van der Waals surface area contributed by atoms with E-state index in [9.17, 15) is 9.59 Å². The summed E-state index contributed by atoms with van der Waals surface area (Å²) >= 11 is 0. The molecule has 0 bridgehead atoms. The molecule has 8 heteroatoms. The van der Waals surface area contributed by atoms with Crippen LogP contribution in [-0.4, -0.2) is 59.0 Å². The van der Waals surface area contributed by atoms with E-state index in [2.05, 4.69) is 25.5 Å². The Kier molecular flexibility index (Phi) is 5.62. The summed E-state index contributed by atoms with van der Waals surface area (Å²) < 4.78 is 0. The maximum Gasteiger partial charge on any atom is 0.318 e. The number of hydrogen-bond acceptors (Lipinski definition) is 5. The number of urea groups is 1. The second-order valence-corrected chi connectivity index (χ2v) is 6.04. The quantitative estimate of drug-likeness (QED) is 0.865. The molecule has 1 unspecified atom stereocenters. The van der Waals surface area contributed by atoms with Crippen molar-refractivity contribution >= 4 is 23.6 Å². The van der Waals surface area contributed by atoms with Gasteiger partial charge in [-0.1, -0.05) is 12.1 Å². The van der Waals surface area contributed by atoms with E-state index in [1.54, 1.807) is 42.4 Å². The fraction of sp³-hybridized carbons (Fsp3) is 0.333. The lowest BCUT2D eigenvalue weighted by Gasteiger charge is -2.35. The molecular weight excluding hydrogens is 332 g/mol. The molecule has 1 aliphatic heterocycles. The first-order chi connectivity index (χ1) is 12.6. The van der Waals surface area contributed by atoms with Gasteiger partial charge in [0.25, 0.3) is 0 Å². The number of nitrogens with one attached hydrogen (secondary N) is 2. The largest absolute Gasteiger partial charge is 0.353 e. The van der Waals surface area contributed by atoms with Crippen molar-refractivity contribution < 1.29 is 9.59 Å². The molecule has 1 aliphatic rings. The average molecular weight is 354 g/mol. The number of carbonyl (C=O) groups excluding carboxylic acids is 2. The summed E-state index contributed by atoms with van der Waals surface area (Å²) in [7, 11) is 0. The Balaban J connectivity index is 1.47. The number of amides is 3. The van der Waals surface area contributed by atoms with Crippen molar-refractivity contribution in [3.05, 3.63) is 48.8 Å². The maximum absolute atomic E-state index is 12.4. The van der Waals surface area contributed by atoms with Gasteiger partial charge in [-0.25, -0.2) is 14.8 Å². The Morgan fingerprint density at radius 1 is 1.00 bits per heavy atom. The van der Waals surface area contributed by atoms with Gasteiger partial charge in [0.1, 0.15) is 17.7 Å². The lowest BCUT2D eigenvalue weighted by Crippen LogP contribution is -2.54. The number of rotatable bonds is 4. The fourth-order valence-electron chi connectivity index (χ4n) is 2.69. The number of pyridine rings is 2. The summed E-state index contributed by atoms with van der Waals surface area (Å²) in [5, 5.41) is 5.42. The van der Waals surface area contributed by atoms with Gasteiger partial charge in [-0.05, 0) is 31.2 Å². The van der Waals surface area contributed by atoms with E-state index < -0.39 is 6.04 Å². The third-order valence-electron chi connectivity index (χ3n) is 4.19. The van der Waals surface area contributed by atoms with E-state index in [1.807, 2.05) is 18.2 Å². The monoisotopic (exact) mass is 354 g/mol. The smallest absolute Gasteiger partial charge is 0.318 e. The molecule has 0 aliphatic carbocycles. The van der Waals surface area contributed by atoms with Crippen LogP contribution < -0.4 is 15.5 Å². The summed E-state index contributed by atoms with van der Waals surface area (Å²) in [4.78, 5) is 36.8. The van der Waals surface area contributed by atoms with E-state index in [0.29, 0.717) is 32.0 Å². The fourth-order valence-corrected chi connectivity index (χ4v) is 2.69. The molecule has 3 heterocycles. The maximum atomic E-state index is 12.4. The number of aromatic nitrogens is 2. The number of nitrogens with zero attached hydrogens (tertiary/aromatic N) is 4. The second kappa shape index (κ2) is 8.28. The summed E-state index contributed by atoms with van der Waals surface area (Å²) in [6, 6.07) is 10.1. The minimum atomic E-state index is -0.654. The molecule has 1 atom stereocenters. The van der Waals surface area contributed by atoms with Crippen LogP contribution in [0, 0.1) is 0 Å². The van der Waals surface area contributed by atoms with Gasteiger partial charge >= 0.3 is 6.03 Å². The number of piperazine rings is 1. The van der Waals surface area contributed by atoms with Crippen molar-refractivity contribution in [2.45, 2.75) is 13.0 Å². The Bertz CT molecular complexity index is 732. The first kappa shape index (κ1) is 17.7. The van der Waals surface area contributed by atoms with Crippen molar-refractivity contribution in [2.75, 3.05) is 36.4 Å². The molecule has 0 saturated carbocycles. The third kappa shape index (κ3) is 4.47. The van der Waals surface area contributed by atoms with Crippen LogP contribution in [0.2, 0.25) is 0 Å². The average Bonchev–Trinajstić information content (AvgIpc) is 2.69. The molecular formula is C18H22N6O2. The van der Waals surface area contributed by atoms with Gasteiger partial charge in [0.2, 0.25) is 5.91 Å². The van der Waals surface area contributed by atoms with Gasteiger partial charge in [0.15, 0.2) is 0 Å². The Labute approximate surface area is 152 Å². The standard InChI is InChI=1S/C18H22N6O2/c1-14(17(25)22-15-6-2-4-8-19-15)21-18(26)24-12-10-23(11-13-24)16-7-3-5-9-20-16/h2-9,14H,10-13H2,1H3,(H,21,26)(H,19,22,25). The molecule has 3 amide bonds. The molecule has 3 rings (SSSR count). The highest BCUT2D eigenvalue weighted by molar-refractivity contribution is 5.96. The van der Waals surface area contributed by atoms with E-state index in [0.717, 1.165) is 5.82 Å². The van der Waals surface area contributed by atoms with Crippen LogP contribution in [0.4, 0.5) is 16.4 Å². The molecule has 1 fully saturated rings. The molecule has 0 spiro atoms. The van der Waals surface area contributed by atoms with Gasteiger partial charge in [0.05, 0.1) is 0 Å². The first-order valence-electron chi connectivity index (χ1n) is 8.57. The van der Waals surface area contributed by atoms with Gasteiger partial charge in [0, 0.05) is 38.6 Å². The zero-order chi connectivity index (χ0) is 18.4. The van der Waals surface area contributed by atoms with Crippen molar-refractivity contribution in [3.8, 4) is 0 Å². The first-order valence-corrected chi connectivity index (χ1v) is 8.57. The molecule has 26 heavy (non-hydrogen) atoms.